The van der Waals surface area contributed by atoms with E-state index in [4.69, 9.17) is 4.52 Å². The zero-order chi connectivity index (χ0) is 18.2. The van der Waals surface area contributed by atoms with Gasteiger partial charge in [-0.25, -0.2) is 0 Å². The van der Waals surface area contributed by atoms with E-state index < -0.39 is 34.9 Å². The van der Waals surface area contributed by atoms with E-state index in [0.29, 0.717) is 17.7 Å². The van der Waals surface area contributed by atoms with E-state index >= 15 is 0 Å². The van der Waals surface area contributed by atoms with Crippen LogP contribution in [-0.4, -0.2) is 15.1 Å². The van der Waals surface area contributed by atoms with E-state index in [2.05, 4.69) is 15.1 Å². The molecule has 1 aromatic carbocycles. The molecule has 0 atom stereocenters. The SMILES string of the molecule is FC(F)(F)c1cc(-c2nc(-c3ccncc3)no2)cc(C(F)(F)F)c1. The van der Waals surface area contributed by atoms with Gasteiger partial charge in [0.2, 0.25) is 5.82 Å². The standard InChI is InChI=1S/C15H7F6N3O/c16-14(17,18)10-5-9(6-11(7-10)15(19,20)21)13-23-12(24-25-13)8-1-3-22-4-2-8/h1-7H. The van der Waals surface area contributed by atoms with Crippen LogP contribution in [-0.2, 0) is 12.4 Å². The van der Waals surface area contributed by atoms with Crippen molar-refractivity contribution >= 4 is 0 Å². The molecule has 0 fully saturated rings. The first-order valence-corrected chi connectivity index (χ1v) is 6.68. The minimum atomic E-state index is -4.95. The molecule has 3 rings (SSSR count). The molecule has 0 radical (unpaired) electrons. The molecule has 0 N–H and O–H groups in total. The molecule has 0 bridgehead atoms. The minimum Gasteiger partial charge on any atom is -0.334 e. The second-order valence-corrected chi connectivity index (χ2v) is 4.95. The molecule has 0 aliphatic heterocycles. The van der Waals surface area contributed by atoms with Gasteiger partial charge in [0.1, 0.15) is 0 Å². The zero-order valence-electron chi connectivity index (χ0n) is 12.1. The van der Waals surface area contributed by atoms with Crippen molar-refractivity contribution in [3.8, 4) is 22.8 Å². The molecule has 0 unspecified atom stereocenters. The molecular weight excluding hydrogens is 352 g/mol. The number of pyridine rings is 1. The van der Waals surface area contributed by atoms with Gasteiger partial charge in [-0.3, -0.25) is 4.98 Å². The number of hydrogen-bond donors (Lipinski definition) is 0. The number of hydrogen-bond acceptors (Lipinski definition) is 4. The monoisotopic (exact) mass is 359 g/mol. The van der Waals surface area contributed by atoms with E-state index in [1.807, 2.05) is 0 Å². The molecule has 3 aromatic rings. The summed E-state index contributed by atoms with van der Waals surface area (Å²) in [5.74, 6) is -0.438. The Hall–Kier alpha value is -2.91. The first-order valence-electron chi connectivity index (χ1n) is 6.68. The van der Waals surface area contributed by atoms with Crippen LogP contribution < -0.4 is 0 Å². The zero-order valence-corrected chi connectivity index (χ0v) is 12.1. The van der Waals surface area contributed by atoms with Crippen LogP contribution in [0.1, 0.15) is 11.1 Å². The lowest BCUT2D eigenvalue weighted by Gasteiger charge is -2.12. The van der Waals surface area contributed by atoms with E-state index in [-0.39, 0.29) is 11.9 Å². The third-order valence-electron chi connectivity index (χ3n) is 3.20. The van der Waals surface area contributed by atoms with Gasteiger partial charge in [0.25, 0.3) is 5.89 Å². The van der Waals surface area contributed by atoms with Crippen LogP contribution in [0.4, 0.5) is 26.3 Å². The number of nitrogens with zero attached hydrogens (tertiary/aromatic N) is 3. The molecule has 25 heavy (non-hydrogen) atoms. The molecule has 4 nitrogen and oxygen atoms in total. The van der Waals surface area contributed by atoms with Crippen LogP contribution in [0.3, 0.4) is 0 Å². The summed E-state index contributed by atoms with van der Waals surface area (Å²) < 4.78 is 82.1. The van der Waals surface area contributed by atoms with Crippen LogP contribution in [0.5, 0.6) is 0 Å². The smallest absolute Gasteiger partial charge is 0.334 e. The van der Waals surface area contributed by atoms with Gasteiger partial charge < -0.3 is 4.52 Å². The third kappa shape index (κ3) is 3.62. The van der Waals surface area contributed by atoms with Crippen molar-refractivity contribution in [1.82, 2.24) is 15.1 Å². The van der Waals surface area contributed by atoms with Crippen molar-refractivity contribution in [3.05, 3.63) is 53.9 Å². The normalized spacial score (nSPS) is 12.4. The lowest BCUT2D eigenvalue weighted by Crippen LogP contribution is -2.11. The van der Waals surface area contributed by atoms with Crippen molar-refractivity contribution in [1.29, 1.82) is 0 Å². The maximum absolute atomic E-state index is 12.9. The van der Waals surface area contributed by atoms with Gasteiger partial charge in [-0.2, -0.15) is 31.3 Å². The predicted octanol–water partition coefficient (Wildman–Crippen LogP) is 4.84. The predicted molar refractivity (Wildman–Crippen MR) is 73.0 cm³/mol. The summed E-state index contributed by atoms with van der Waals surface area (Å²) in [4.78, 5) is 7.63. The van der Waals surface area contributed by atoms with Crippen LogP contribution >= 0.6 is 0 Å². The molecule has 2 aromatic heterocycles. The molecule has 0 aliphatic carbocycles. The van der Waals surface area contributed by atoms with E-state index in [0.717, 1.165) is 0 Å². The maximum Gasteiger partial charge on any atom is 0.416 e. The highest BCUT2D eigenvalue weighted by Gasteiger charge is 2.37. The Morgan fingerprint density at radius 3 is 1.84 bits per heavy atom. The Kier molecular flexibility index (Phi) is 3.97. The fourth-order valence-electron chi connectivity index (χ4n) is 2.04. The van der Waals surface area contributed by atoms with Crippen molar-refractivity contribution in [2.45, 2.75) is 12.4 Å². The quantitative estimate of drug-likeness (QED) is 0.615. The second kappa shape index (κ2) is 5.87. The molecular formula is C15H7F6N3O. The highest BCUT2D eigenvalue weighted by Crippen LogP contribution is 2.38. The summed E-state index contributed by atoms with van der Waals surface area (Å²) in [6.45, 7) is 0. The van der Waals surface area contributed by atoms with Gasteiger partial charge in [-0.15, -0.1) is 0 Å². The largest absolute Gasteiger partial charge is 0.416 e. The van der Waals surface area contributed by atoms with Crippen molar-refractivity contribution in [3.63, 3.8) is 0 Å². The van der Waals surface area contributed by atoms with Gasteiger partial charge in [0.05, 0.1) is 11.1 Å². The highest BCUT2D eigenvalue weighted by atomic mass is 19.4. The Morgan fingerprint density at radius 1 is 0.760 bits per heavy atom. The maximum atomic E-state index is 12.9. The average Bonchev–Trinajstić information content (AvgIpc) is 3.04. The number of rotatable bonds is 2. The van der Waals surface area contributed by atoms with Gasteiger partial charge in [0.15, 0.2) is 0 Å². The Morgan fingerprint density at radius 2 is 1.32 bits per heavy atom. The highest BCUT2D eigenvalue weighted by molar-refractivity contribution is 5.61. The van der Waals surface area contributed by atoms with Crippen LogP contribution in [0, 0.1) is 0 Å². The Balaban J connectivity index is 2.09. The molecule has 0 saturated heterocycles. The molecule has 0 aliphatic rings. The van der Waals surface area contributed by atoms with Gasteiger partial charge in [0, 0.05) is 23.5 Å². The summed E-state index contributed by atoms with van der Waals surface area (Å²) >= 11 is 0. The summed E-state index contributed by atoms with van der Waals surface area (Å²) in [6, 6.07) is 4.12. The molecule has 0 saturated carbocycles. The van der Waals surface area contributed by atoms with Crippen molar-refractivity contribution < 1.29 is 30.9 Å². The Labute approximate surface area is 136 Å². The number of halogens is 6. The first-order chi connectivity index (χ1) is 11.6. The van der Waals surface area contributed by atoms with Gasteiger partial charge in [-0.05, 0) is 30.3 Å². The summed E-state index contributed by atoms with van der Waals surface area (Å²) in [5, 5.41) is 3.57. The number of alkyl halides is 6. The fourth-order valence-corrected chi connectivity index (χ4v) is 2.04. The van der Waals surface area contributed by atoms with Crippen molar-refractivity contribution in [2.75, 3.05) is 0 Å². The second-order valence-electron chi connectivity index (χ2n) is 4.95. The number of aromatic nitrogens is 3. The molecule has 130 valence electrons. The lowest BCUT2D eigenvalue weighted by atomic mass is 10.0. The van der Waals surface area contributed by atoms with Gasteiger partial charge in [-0.1, -0.05) is 5.16 Å². The van der Waals surface area contributed by atoms with E-state index in [9.17, 15) is 26.3 Å². The summed E-state index contributed by atoms with van der Waals surface area (Å²) in [6.07, 6.45) is -7.05. The van der Waals surface area contributed by atoms with Crippen LogP contribution in [0.2, 0.25) is 0 Å². The van der Waals surface area contributed by atoms with Crippen LogP contribution in [0.15, 0.2) is 47.2 Å². The molecule has 10 heteroatoms. The topological polar surface area (TPSA) is 51.8 Å². The Bertz CT molecular complexity index is 854. The van der Waals surface area contributed by atoms with E-state index in [1.165, 1.54) is 24.5 Å². The molecule has 0 spiro atoms. The summed E-state index contributed by atoms with van der Waals surface area (Å²) in [7, 11) is 0. The fraction of sp³-hybridized carbons (Fsp3) is 0.133. The third-order valence-corrected chi connectivity index (χ3v) is 3.20. The first kappa shape index (κ1) is 16.9. The van der Waals surface area contributed by atoms with Crippen molar-refractivity contribution in [2.24, 2.45) is 0 Å². The molecule has 0 amide bonds. The summed E-state index contributed by atoms with van der Waals surface area (Å²) in [5.41, 5.74) is -2.94. The van der Waals surface area contributed by atoms with Gasteiger partial charge >= 0.3 is 12.4 Å². The van der Waals surface area contributed by atoms with E-state index in [1.54, 1.807) is 0 Å². The van der Waals surface area contributed by atoms with Crippen LogP contribution in [0.25, 0.3) is 22.8 Å². The average molecular weight is 359 g/mol. The lowest BCUT2D eigenvalue weighted by molar-refractivity contribution is -0.143. The number of benzene rings is 1. The molecule has 2 heterocycles. The minimum absolute atomic E-state index is 0.0170.